The summed E-state index contributed by atoms with van der Waals surface area (Å²) in [6.45, 7) is 1.94. The third kappa shape index (κ3) is 1.96. The van der Waals surface area contributed by atoms with Crippen LogP contribution in [0.1, 0.15) is 5.56 Å². The molecule has 0 amide bonds. The monoisotopic (exact) mass is 203 g/mol. The molecule has 0 atom stereocenters. The lowest BCUT2D eigenvalue weighted by Crippen LogP contribution is -1.85. The first-order chi connectivity index (χ1) is 7.16. The van der Waals surface area contributed by atoms with Crippen molar-refractivity contribution in [2.75, 3.05) is 0 Å². The zero-order valence-corrected chi connectivity index (χ0v) is 8.24. The summed E-state index contributed by atoms with van der Waals surface area (Å²) in [4.78, 5) is 4.17. The van der Waals surface area contributed by atoms with Crippen LogP contribution in [0, 0.1) is 12.7 Å². The predicted octanol–water partition coefficient (Wildman–Crippen LogP) is 2.90. The van der Waals surface area contributed by atoms with Crippen LogP contribution in [-0.4, -0.2) is 10.1 Å². The molecule has 1 aromatic carbocycles. The lowest BCUT2D eigenvalue weighted by molar-refractivity contribution is 0.432. The molecule has 1 N–H and O–H groups in total. The van der Waals surface area contributed by atoms with Crippen LogP contribution in [0.3, 0.4) is 0 Å². The van der Waals surface area contributed by atoms with E-state index in [1.165, 1.54) is 12.1 Å². The fourth-order valence-corrected chi connectivity index (χ4v) is 1.30. The highest BCUT2D eigenvalue weighted by Gasteiger charge is 2.04. The number of aryl methyl sites for hydroxylation is 1. The number of hydrogen-bond acceptors (Lipinski definition) is 2. The molecule has 1 heterocycles. The molecule has 3 heteroatoms. The van der Waals surface area contributed by atoms with Crippen LogP contribution in [0.25, 0.3) is 11.3 Å². The van der Waals surface area contributed by atoms with Crippen molar-refractivity contribution in [3.8, 4) is 17.0 Å². The van der Waals surface area contributed by atoms with Crippen molar-refractivity contribution >= 4 is 0 Å². The van der Waals surface area contributed by atoms with Gasteiger partial charge in [0, 0.05) is 11.8 Å². The average Bonchev–Trinajstić information content (AvgIpc) is 2.23. The summed E-state index contributed by atoms with van der Waals surface area (Å²) in [6.07, 6.45) is 1.72. The maximum atomic E-state index is 13.1. The SMILES string of the molecule is Cc1ccc(-c2ccc(O)c(F)c2)nc1. The van der Waals surface area contributed by atoms with Crippen molar-refractivity contribution in [2.24, 2.45) is 0 Å². The van der Waals surface area contributed by atoms with Crippen LogP contribution in [0.15, 0.2) is 36.5 Å². The highest BCUT2D eigenvalue weighted by atomic mass is 19.1. The number of halogens is 1. The van der Waals surface area contributed by atoms with Crippen molar-refractivity contribution < 1.29 is 9.50 Å². The van der Waals surface area contributed by atoms with Gasteiger partial charge in [-0.2, -0.15) is 0 Å². The van der Waals surface area contributed by atoms with Gasteiger partial charge in [-0.25, -0.2) is 4.39 Å². The average molecular weight is 203 g/mol. The van der Waals surface area contributed by atoms with Gasteiger partial charge >= 0.3 is 0 Å². The zero-order valence-electron chi connectivity index (χ0n) is 8.24. The minimum Gasteiger partial charge on any atom is -0.505 e. The van der Waals surface area contributed by atoms with Crippen LogP contribution < -0.4 is 0 Å². The number of pyridine rings is 1. The fourth-order valence-electron chi connectivity index (χ4n) is 1.30. The topological polar surface area (TPSA) is 33.1 Å². The number of rotatable bonds is 1. The van der Waals surface area contributed by atoms with E-state index in [0.29, 0.717) is 11.3 Å². The van der Waals surface area contributed by atoms with Gasteiger partial charge in [0.05, 0.1) is 5.69 Å². The lowest BCUT2D eigenvalue weighted by atomic mass is 10.1. The van der Waals surface area contributed by atoms with Crippen molar-refractivity contribution in [1.82, 2.24) is 4.98 Å². The Labute approximate surface area is 87.0 Å². The lowest BCUT2D eigenvalue weighted by Gasteiger charge is -2.02. The Kier molecular flexibility index (Phi) is 2.37. The number of hydrogen-bond donors (Lipinski definition) is 1. The zero-order chi connectivity index (χ0) is 10.8. The molecule has 0 aliphatic carbocycles. The van der Waals surface area contributed by atoms with Gasteiger partial charge in [-0.3, -0.25) is 4.98 Å². The van der Waals surface area contributed by atoms with E-state index in [1.54, 1.807) is 12.3 Å². The molecule has 0 bridgehead atoms. The second kappa shape index (κ2) is 3.69. The first-order valence-electron chi connectivity index (χ1n) is 4.58. The Morgan fingerprint density at radius 2 is 2.00 bits per heavy atom. The summed E-state index contributed by atoms with van der Waals surface area (Å²) in [7, 11) is 0. The molecule has 0 spiro atoms. The van der Waals surface area contributed by atoms with Crippen molar-refractivity contribution in [2.45, 2.75) is 6.92 Å². The summed E-state index contributed by atoms with van der Waals surface area (Å²) in [5.41, 5.74) is 2.41. The van der Waals surface area contributed by atoms with Crippen molar-refractivity contribution in [3.05, 3.63) is 47.9 Å². The highest BCUT2D eigenvalue weighted by Crippen LogP contribution is 2.23. The van der Waals surface area contributed by atoms with E-state index in [0.717, 1.165) is 5.56 Å². The first-order valence-corrected chi connectivity index (χ1v) is 4.58. The summed E-state index contributed by atoms with van der Waals surface area (Å²) < 4.78 is 13.1. The van der Waals surface area contributed by atoms with E-state index < -0.39 is 5.82 Å². The van der Waals surface area contributed by atoms with Crippen molar-refractivity contribution in [3.63, 3.8) is 0 Å². The molecule has 0 radical (unpaired) electrons. The Hall–Kier alpha value is -1.90. The van der Waals surface area contributed by atoms with Crippen LogP contribution in [0.2, 0.25) is 0 Å². The quantitative estimate of drug-likeness (QED) is 0.773. The number of phenolic OH excluding ortho intramolecular Hbond substituents is 1. The Morgan fingerprint density at radius 3 is 2.60 bits per heavy atom. The Bertz CT molecular complexity index is 479. The van der Waals surface area contributed by atoms with Crippen molar-refractivity contribution in [1.29, 1.82) is 0 Å². The van der Waals surface area contributed by atoms with Crippen LogP contribution in [0.5, 0.6) is 5.75 Å². The molecule has 2 aromatic rings. The Balaban J connectivity index is 2.45. The van der Waals surface area contributed by atoms with Crippen LogP contribution >= 0.6 is 0 Å². The number of nitrogens with zero attached hydrogens (tertiary/aromatic N) is 1. The van der Waals surface area contributed by atoms with E-state index >= 15 is 0 Å². The second-order valence-electron chi connectivity index (χ2n) is 3.39. The normalized spacial score (nSPS) is 10.3. The highest BCUT2D eigenvalue weighted by molar-refractivity contribution is 5.60. The van der Waals surface area contributed by atoms with E-state index in [2.05, 4.69) is 4.98 Å². The molecule has 0 saturated heterocycles. The molecule has 0 aliphatic heterocycles. The molecular weight excluding hydrogens is 193 g/mol. The molecule has 0 fully saturated rings. The third-order valence-corrected chi connectivity index (χ3v) is 2.15. The van der Waals surface area contributed by atoms with Gasteiger partial charge in [0.15, 0.2) is 11.6 Å². The first kappa shape index (κ1) is 9.65. The fraction of sp³-hybridized carbons (Fsp3) is 0.0833. The number of aromatic nitrogens is 1. The molecule has 2 nitrogen and oxygen atoms in total. The van der Waals surface area contributed by atoms with Gasteiger partial charge in [0.1, 0.15) is 0 Å². The molecule has 0 unspecified atom stereocenters. The smallest absolute Gasteiger partial charge is 0.165 e. The molecule has 1 aromatic heterocycles. The number of aromatic hydroxyl groups is 1. The van der Waals surface area contributed by atoms with E-state index in [9.17, 15) is 4.39 Å². The minimum atomic E-state index is -0.630. The summed E-state index contributed by atoms with van der Waals surface area (Å²) in [5.74, 6) is -0.972. The van der Waals surface area contributed by atoms with Gasteiger partial charge in [-0.15, -0.1) is 0 Å². The molecule has 2 rings (SSSR count). The molecule has 76 valence electrons. The maximum Gasteiger partial charge on any atom is 0.165 e. The van der Waals surface area contributed by atoms with Gasteiger partial charge in [0.2, 0.25) is 0 Å². The Morgan fingerprint density at radius 1 is 1.20 bits per heavy atom. The van der Waals surface area contributed by atoms with E-state index in [4.69, 9.17) is 5.11 Å². The van der Waals surface area contributed by atoms with Gasteiger partial charge in [0.25, 0.3) is 0 Å². The summed E-state index contributed by atoms with van der Waals surface area (Å²) in [6, 6.07) is 7.96. The molecule has 0 saturated carbocycles. The number of benzene rings is 1. The third-order valence-electron chi connectivity index (χ3n) is 2.15. The minimum absolute atomic E-state index is 0.342. The largest absolute Gasteiger partial charge is 0.505 e. The van der Waals surface area contributed by atoms with Gasteiger partial charge in [-0.1, -0.05) is 6.07 Å². The summed E-state index contributed by atoms with van der Waals surface area (Å²) >= 11 is 0. The van der Waals surface area contributed by atoms with Gasteiger partial charge in [-0.05, 0) is 36.8 Å². The second-order valence-corrected chi connectivity index (χ2v) is 3.39. The summed E-state index contributed by atoms with van der Waals surface area (Å²) in [5, 5.41) is 9.04. The number of phenols is 1. The standard InChI is InChI=1S/C12H10FNO/c1-8-2-4-11(14-7-8)9-3-5-12(15)10(13)6-9/h2-7,15H,1H3. The van der Waals surface area contributed by atoms with E-state index in [-0.39, 0.29) is 5.75 Å². The molecular formula is C12H10FNO. The van der Waals surface area contributed by atoms with Crippen LogP contribution in [-0.2, 0) is 0 Å². The predicted molar refractivity (Wildman–Crippen MR) is 56.0 cm³/mol. The van der Waals surface area contributed by atoms with Gasteiger partial charge < -0.3 is 5.11 Å². The molecule has 0 aliphatic rings. The van der Waals surface area contributed by atoms with Crippen LogP contribution in [0.4, 0.5) is 4.39 Å². The maximum absolute atomic E-state index is 13.1. The molecule has 15 heavy (non-hydrogen) atoms. The van der Waals surface area contributed by atoms with E-state index in [1.807, 2.05) is 19.1 Å².